The van der Waals surface area contributed by atoms with E-state index in [0.29, 0.717) is 64.6 Å². The van der Waals surface area contributed by atoms with E-state index in [-0.39, 0.29) is 47.3 Å². The molecule has 8 rings (SSSR count). The molecule has 20 heteroatoms. The van der Waals surface area contributed by atoms with Crippen LogP contribution in [0.4, 0.5) is 17.6 Å². The number of amides is 4. The van der Waals surface area contributed by atoms with Gasteiger partial charge in [-0.15, -0.1) is 0 Å². The summed E-state index contributed by atoms with van der Waals surface area (Å²) in [4.78, 5) is 64.3. The predicted octanol–water partition coefficient (Wildman–Crippen LogP) is 2.82. The van der Waals surface area contributed by atoms with Gasteiger partial charge in [0.25, 0.3) is 11.8 Å². The maximum absolute atomic E-state index is 13.8. The highest BCUT2D eigenvalue weighted by Crippen LogP contribution is 2.39. The van der Waals surface area contributed by atoms with Crippen molar-refractivity contribution in [3.63, 3.8) is 0 Å². The fraction of sp³-hybridized carbons (Fsp3) is 0.366. The molecule has 2 aliphatic rings. The number of aromatic nitrogens is 8. The number of allylic oxidation sites excluding steroid dienone is 2. The van der Waals surface area contributed by atoms with Gasteiger partial charge < -0.3 is 35.8 Å². The molecule has 20 nitrogen and oxygen atoms in total. The minimum absolute atomic E-state index is 0.153. The monoisotopic (exact) mass is 832 g/mol. The molecule has 2 fully saturated rings. The number of nitrogens with zero attached hydrogens (tertiary/aromatic N) is 9. The maximum atomic E-state index is 13.8. The second-order valence-electron chi connectivity index (χ2n) is 15.5. The van der Waals surface area contributed by atoms with Crippen LogP contribution in [0.3, 0.4) is 0 Å². The minimum Gasteiger partial charge on any atom is -0.494 e. The zero-order chi connectivity index (χ0) is 43.3. The molecule has 6 aromatic rings. The second-order valence-corrected chi connectivity index (χ2v) is 15.5. The number of primary amides is 2. The van der Waals surface area contributed by atoms with Gasteiger partial charge in [-0.05, 0) is 63.6 Å². The fourth-order valence-electron chi connectivity index (χ4n) is 8.24. The summed E-state index contributed by atoms with van der Waals surface area (Å²) in [6.07, 6.45) is 3.76. The highest BCUT2D eigenvalue weighted by molar-refractivity contribution is 6.07. The zero-order valence-electron chi connectivity index (χ0n) is 34.6. The lowest BCUT2D eigenvalue weighted by Crippen LogP contribution is -2.65. The molecule has 4 amide bonds. The number of anilines is 3. The molecule has 0 radical (unpaired) electrons. The Balaban J connectivity index is 1.18. The van der Waals surface area contributed by atoms with Crippen molar-refractivity contribution in [2.24, 2.45) is 16.9 Å². The molecule has 2 aromatic carbocycles. The highest BCUT2D eigenvalue weighted by Gasteiger charge is 2.48. The number of fused-ring (bicyclic) bond motifs is 2. The van der Waals surface area contributed by atoms with Crippen LogP contribution in [0, 0.1) is 19.3 Å². The molecule has 318 valence electrons. The molecule has 61 heavy (non-hydrogen) atoms. The van der Waals surface area contributed by atoms with Crippen LogP contribution in [0.2, 0.25) is 0 Å². The van der Waals surface area contributed by atoms with Gasteiger partial charge in [-0.3, -0.25) is 44.1 Å². The van der Waals surface area contributed by atoms with E-state index in [4.69, 9.17) is 36.6 Å². The molecule has 2 saturated heterocycles. The number of nitrogens with one attached hydrogen (secondary N) is 2. The van der Waals surface area contributed by atoms with Gasteiger partial charge in [-0.1, -0.05) is 12.2 Å². The third-order valence-corrected chi connectivity index (χ3v) is 11.2. The standard InChI is InChI=1S/C41H48N14O6/c1-6-54-29(12-22(3)49-54)37(58)47-39-45-27-14-24(35(43)56)13-26(17-51-18-41(19-51)20-61-21-41)32(27)52(39)10-8-9-11-53-33-28(15-25(36(44)57)16-30(33)60-5)46-40(53)48-38(59)34-31(42)23(4)50-55(34)7-2/h8-9,12-16H,6-7,10-11,17-21,42H2,1-5H3,(H2,43,56)(H2,44,57)(H,45,47,58)(H,46,48,59)/b9-8+. The number of ether oxygens (including phenoxy) is 2. The largest absolute Gasteiger partial charge is 0.494 e. The zero-order valence-corrected chi connectivity index (χ0v) is 34.6. The molecule has 0 saturated carbocycles. The summed E-state index contributed by atoms with van der Waals surface area (Å²) in [6.45, 7) is 12.2. The van der Waals surface area contributed by atoms with Crippen molar-refractivity contribution < 1.29 is 28.7 Å². The lowest BCUT2D eigenvalue weighted by Gasteiger charge is -2.55. The van der Waals surface area contributed by atoms with Crippen molar-refractivity contribution in [1.82, 2.24) is 43.6 Å². The average molecular weight is 833 g/mol. The summed E-state index contributed by atoms with van der Waals surface area (Å²) < 4.78 is 18.0. The van der Waals surface area contributed by atoms with Crippen molar-refractivity contribution in [1.29, 1.82) is 0 Å². The molecule has 0 aliphatic carbocycles. The second kappa shape index (κ2) is 15.8. The van der Waals surface area contributed by atoms with Crippen LogP contribution in [-0.4, -0.2) is 101 Å². The highest BCUT2D eigenvalue weighted by atomic mass is 16.5. The Morgan fingerprint density at radius 2 is 1.41 bits per heavy atom. The number of hydrogen-bond donors (Lipinski definition) is 5. The Kier molecular flexibility index (Phi) is 10.6. The first-order chi connectivity index (χ1) is 29.2. The van der Waals surface area contributed by atoms with Gasteiger partial charge in [0.15, 0.2) is 0 Å². The predicted molar refractivity (Wildman–Crippen MR) is 226 cm³/mol. The Labute approximate surface area is 349 Å². The third kappa shape index (κ3) is 7.43. The average Bonchev–Trinajstić information content (AvgIpc) is 3.94. The van der Waals surface area contributed by atoms with Gasteiger partial charge in [0, 0.05) is 62.4 Å². The molecule has 8 N–H and O–H groups in total. The fourth-order valence-corrected chi connectivity index (χ4v) is 8.24. The van der Waals surface area contributed by atoms with Crippen molar-refractivity contribution in [2.75, 3.05) is 49.8 Å². The molecular weight excluding hydrogens is 785 g/mol. The quantitative estimate of drug-likeness (QED) is 0.0936. The number of likely N-dealkylation sites (tertiary alicyclic amines) is 1. The normalized spacial score (nSPS) is 14.8. The summed E-state index contributed by atoms with van der Waals surface area (Å²) in [5.74, 6) is -1.48. The smallest absolute Gasteiger partial charge is 0.278 e. The van der Waals surface area contributed by atoms with Crippen LogP contribution in [0.5, 0.6) is 5.75 Å². The van der Waals surface area contributed by atoms with Crippen LogP contribution in [0.25, 0.3) is 22.1 Å². The third-order valence-electron chi connectivity index (χ3n) is 11.2. The molecule has 2 aliphatic heterocycles. The minimum atomic E-state index is -0.673. The summed E-state index contributed by atoms with van der Waals surface area (Å²) in [5.41, 5.74) is 23.3. The number of carbonyl (C=O) groups excluding carboxylic acids is 4. The molecule has 0 atom stereocenters. The summed E-state index contributed by atoms with van der Waals surface area (Å²) in [5, 5.41) is 14.7. The van der Waals surface area contributed by atoms with Crippen LogP contribution in [0.15, 0.2) is 42.5 Å². The van der Waals surface area contributed by atoms with Gasteiger partial charge >= 0.3 is 0 Å². The molecule has 1 spiro atoms. The van der Waals surface area contributed by atoms with Gasteiger partial charge in [0.05, 0.1) is 53.9 Å². The van der Waals surface area contributed by atoms with E-state index in [1.165, 1.54) is 23.9 Å². The number of carbonyl (C=O) groups is 4. The van der Waals surface area contributed by atoms with E-state index in [2.05, 4.69) is 25.7 Å². The Morgan fingerprint density at radius 3 is 1.98 bits per heavy atom. The Bertz CT molecular complexity index is 2780. The number of benzene rings is 2. The van der Waals surface area contributed by atoms with Gasteiger partial charge in [0.1, 0.15) is 22.7 Å². The number of nitrogens with two attached hydrogens (primary N) is 3. The summed E-state index contributed by atoms with van der Waals surface area (Å²) in [7, 11) is 1.46. The first-order valence-electron chi connectivity index (χ1n) is 19.9. The van der Waals surface area contributed by atoms with Crippen LogP contribution >= 0.6 is 0 Å². The van der Waals surface area contributed by atoms with E-state index in [1.54, 1.807) is 34.4 Å². The maximum Gasteiger partial charge on any atom is 0.278 e. The Hall–Kier alpha value is -7.06. The number of nitrogen functional groups attached to an aromatic ring is 1. The lowest BCUT2D eigenvalue weighted by molar-refractivity contribution is -0.191. The number of aryl methyl sites for hydroxylation is 4. The van der Waals surface area contributed by atoms with E-state index in [1.807, 2.05) is 37.5 Å². The molecule has 6 heterocycles. The lowest BCUT2D eigenvalue weighted by atomic mass is 9.78. The van der Waals surface area contributed by atoms with Crippen LogP contribution < -0.4 is 32.6 Å². The molecule has 4 aromatic heterocycles. The van der Waals surface area contributed by atoms with Gasteiger partial charge in [-0.25, -0.2) is 9.97 Å². The van der Waals surface area contributed by atoms with Crippen molar-refractivity contribution >= 4 is 63.3 Å². The van der Waals surface area contributed by atoms with Gasteiger partial charge in [-0.2, -0.15) is 10.2 Å². The number of methoxy groups -OCH3 is 1. The Morgan fingerprint density at radius 1 is 0.820 bits per heavy atom. The first kappa shape index (κ1) is 40.7. The molecule has 0 bridgehead atoms. The van der Waals surface area contributed by atoms with Gasteiger partial charge in [0.2, 0.25) is 23.7 Å². The SMILES string of the molecule is CCn1nc(C)cc1C(=O)Nc1nc2cc(C(N)=O)cc(CN3CC4(COC4)C3)c2n1C/C=C/Cn1c(NC(=O)c2c(N)c(C)nn2CC)nc2cc(C(N)=O)cc(OC)c21. The number of imidazole rings is 2. The topological polar surface area (TPSA) is 263 Å². The van der Waals surface area contributed by atoms with E-state index in [0.717, 1.165) is 37.4 Å². The summed E-state index contributed by atoms with van der Waals surface area (Å²) >= 11 is 0. The van der Waals surface area contributed by atoms with Crippen LogP contribution in [-0.2, 0) is 37.5 Å². The van der Waals surface area contributed by atoms with Crippen molar-refractivity contribution in [3.8, 4) is 5.75 Å². The molecule has 0 unspecified atom stereocenters. The van der Waals surface area contributed by atoms with E-state index < -0.39 is 23.6 Å². The summed E-state index contributed by atoms with van der Waals surface area (Å²) in [6, 6.07) is 8.18. The van der Waals surface area contributed by atoms with Crippen molar-refractivity contribution in [3.05, 3.63) is 81.9 Å². The van der Waals surface area contributed by atoms with Crippen molar-refractivity contribution in [2.45, 2.75) is 60.4 Å². The van der Waals surface area contributed by atoms with E-state index in [9.17, 15) is 19.2 Å². The van der Waals surface area contributed by atoms with Crippen LogP contribution in [0.1, 0.15) is 72.5 Å². The number of hydrogen-bond acceptors (Lipinski definition) is 12. The first-order valence-corrected chi connectivity index (χ1v) is 19.9. The number of rotatable bonds is 15. The molecular formula is C41H48N14O6. The van der Waals surface area contributed by atoms with E-state index >= 15 is 0 Å².